The molecule has 2 aromatic heterocycles. The zero-order valence-electron chi connectivity index (χ0n) is 19.4. The van der Waals surface area contributed by atoms with Gasteiger partial charge in [-0.25, -0.2) is 4.85 Å². The molecule has 3 heteroatoms. The van der Waals surface area contributed by atoms with E-state index in [0.717, 1.165) is 21.9 Å². The fourth-order valence-electron chi connectivity index (χ4n) is 5.82. The van der Waals surface area contributed by atoms with Crippen molar-refractivity contribution in [3.05, 3.63) is 82.7 Å². The Balaban J connectivity index is 1.75. The molecule has 3 aromatic carbocycles. The predicted molar refractivity (Wildman–Crippen MR) is 135 cm³/mol. The zero-order valence-corrected chi connectivity index (χ0v) is 19.4. The van der Waals surface area contributed by atoms with E-state index in [9.17, 15) is 0 Å². The molecule has 0 aliphatic heterocycles. The molecule has 0 bridgehead atoms. The number of hydrogen-bond acceptors (Lipinski definition) is 1. The molecule has 0 unspecified atom stereocenters. The Bertz CT molecular complexity index is 1610. The summed E-state index contributed by atoms with van der Waals surface area (Å²) in [7, 11) is 2.16. The molecular formula is C30H27N2O+. The number of hydrogen-bond donors (Lipinski definition) is 0. The summed E-state index contributed by atoms with van der Waals surface area (Å²) >= 11 is 0. The maximum absolute atomic E-state index is 7.61. The molecule has 0 atom stereocenters. The Morgan fingerprint density at radius 3 is 2.45 bits per heavy atom. The summed E-state index contributed by atoms with van der Waals surface area (Å²) in [5.74, 6) is 0.611. The largest absolute Gasteiger partial charge is 0.466 e. The van der Waals surface area contributed by atoms with Crippen molar-refractivity contribution in [2.45, 2.75) is 45.4 Å². The average molecular weight is 432 g/mol. The molecule has 1 aliphatic rings. The number of furan rings is 1. The van der Waals surface area contributed by atoms with E-state index >= 15 is 0 Å². The van der Waals surface area contributed by atoms with Crippen LogP contribution in [-0.2, 0) is 7.05 Å². The summed E-state index contributed by atoms with van der Waals surface area (Å²) in [5.41, 5.74) is 9.65. The molecule has 162 valence electrons. The fraction of sp³-hybridized carbons (Fsp3) is 0.267. The third-order valence-electron chi connectivity index (χ3n) is 7.69. The van der Waals surface area contributed by atoms with Crippen LogP contribution in [0, 0.1) is 20.4 Å². The van der Waals surface area contributed by atoms with Crippen LogP contribution in [0.2, 0.25) is 0 Å². The van der Waals surface area contributed by atoms with Gasteiger partial charge in [-0.1, -0.05) is 43.2 Å². The number of fused-ring (bicyclic) bond motifs is 4. The van der Waals surface area contributed by atoms with Crippen LogP contribution < -0.4 is 4.57 Å². The van der Waals surface area contributed by atoms with Crippen LogP contribution in [0.1, 0.15) is 48.3 Å². The Kier molecular flexibility index (Phi) is 4.52. The van der Waals surface area contributed by atoms with Crippen LogP contribution in [0.15, 0.2) is 59.0 Å². The van der Waals surface area contributed by atoms with Crippen LogP contribution in [0.3, 0.4) is 0 Å². The summed E-state index contributed by atoms with van der Waals surface area (Å²) in [6, 6.07) is 19.3. The highest BCUT2D eigenvalue weighted by atomic mass is 16.3. The van der Waals surface area contributed by atoms with Crippen molar-refractivity contribution in [3.8, 4) is 11.3 Å². The summed E-state index contributed by atoms with van der Waals surface area (Å²) in [4.78, 5) is 3.72. The number of aryl methyl sites for hydroxylation is 2. The standard InChI is InChI=1S/C30H27N2O/c1-18-16-24-22-13-9-14-25(31-3)29(22)33-30(24)28(19(18)2)27-17-23(20-10-5-6-11-20)21-12-7-8-15-26(21)32(27)4/h7-9,12-17,20H,5-6,10-11H2,1-2,4H3/q+1. The Labute approximate surface area is 194 Å². The molecule has 33 heavy (non-hydrogen) atoms. The number of nitrogens with zero attached hydrogens (tertiary/aromatic N) is 2. The van der Waals surface area contributed by atoms with Gasteiger partial charge in [-0.2, -0.15) is 4.57 Å². The zero-order chi connectivity index (χ0) is 22.7. The molecule has 0 spiro atoms. The summed E-state index contributed by atoms with van der Waals surface area (Å²) in [6.07, 6.45) is 5.15. The molecule has 0 amide bonds. The smallest absolute Gasteiger partial charge is 0.229 e. The van der Waals surface area contributed by atoms with Gasteiger partial charge in [0, 0.05) is 28.3 Å². The van der Waals surface area contributed by atoms with E-state index < -0.39 is 0 Å². The molecule has 5 aromatic rings. The van der Waals surface area contributed by atoms with Gasteiger partial charge in [-0.3, -0.25) is 0 Å². The number of rotatable bonds is 2. The van der Waals surface area contributed by atoms with Crippen LogP contribution >= 0.6 is 0 Å². The molecule has 0 N–H and O–H groups in total. The molecule has 2 heterocycles. The minimum absolute atomic E-state index is 0.569. The van der Waals surface area contributed by atoms with E-state index in [1.54, 1.807) is 0 Å². The quantitative estimate of drug-likeness (QED) is 0.205. The third-order valence-corrected chi connectivity index (χ3v) is 7.69. The van der Waals surface area contributed by atoms with Crippen LogP contribution in [0.4, 0.5) is 5.69 Å². The lowest BCUT2D eigenvalue weighted by atomic mass is 9.90. The van der Waals surface area contributed by atoms with Gasteiger partial charge in [-0.05, 0) is 61.4 Å². The van der Waals surface area contributed by atoms with Gasteiger partial charge in [0.15, 0.2) is 0 Å². The topological polar surface area (TPSA) is 21.4 Å². The van der Waals surface area contributed by atoms with Crippen LogP contribution in [0.25, 0.3) is 48.9 Å². The second kappa shape index (κ2) is 7.46. The Morgan fingerprint density at radius 1 is 0.909 bits per heavy atom. The van der Waals surface area contributed by atoms with Gasteiger partial charge in [-0.15, -0.1) is 0 Å². The fourth-order valence-corrected chi connectivity index (χ4v) is 5.82. The van der Waals surface area contributed by atoms with Crippen molar-refractivity contribution in [2.75, 3.05) is 0 Å². The predicted octanol–water partition coefficient (Wildman–Crippen LogP) is 8.06. The molecule has 1 fully saturated rings. The lowest BCUT2D eigenvalue weighted by molar-refractivity contribution is -0.633. The molecule has 0 saturated heterocycles. The first-order chi connectivity index (χ1) is 16.1. The average Bonchev–Trinajstić information content (AvgIpc) is 3.49. The van der Waals surface area contributed by atoms with Gasteiger partial charge in [0.1, 0.15) is 18.2 Å². The molecular weight excluding hydrogens is 404 g/mol. The number of benzene rings is 3. The highest BCUT2D eigenvalue weighted by molar-refractivity contribution is 6.13. The minimum Gasteiger partial charge on any atom is -0.466 e. The first kappa shape index (κ1) is 20.0. The van der Waals surface area contributed by atoms with Crippen molar-refractivity contribution >= 4 is 38.5 Å². The van der Waals surface area contributed by atoms with Gasteiger partial charge in [0.25, 0.3) is 0 Å². The van der Waals surface area contributed by atoms with Gasteiger partial charge in [0.2, 0.25) is 16.9 Å². The molecule has 1 saturated carbocycles. The number of para-hydroxylation sites is 2. The van der Waals surface area contributed by atoms with Crippen LogP contribution in [-0.4, -0.2) is 0 Å². The van der Waals surface area contributed by atoms with Gasteiger partial charge >= 0.3 is 0 Å². The molecule has 0 radical (unpaired) electrons. The van der Waals surface area contributed by atoms with Crippen molar-refractivity contribution in [3.63, 3.8) is 0 Å². The second-order valence-electron chi connectivity index (χ2n) is 9.48. The van der Waals surface area contributed by atoms with E-state index in [1.165, 1.54) is 59.0 Å². The summed E-state index contributed by atoms with van der Waals surface area (Å²) in [5, 5.41) is 3.46. The van der Waals surface area contributed by atoms with E-state index in [-0.39, 0.29) is 0 Å². The number of aromatic nitrogens is 1. The maximum Gasteiger partial charge on any atom is 0.229 e. The lowest BCUT2D eigenvalue weighted by Crippen LogP contribution is -2.33. The van der Waals surface area contributed by atoms with Crippen molar-refractivity contribution in [2.24, 2.45) is 7.05 Å². The van der Waals surface area contributed by atoms with Gasteiger partial charge < -0.3 is 4.42 Å². The number of pyridine rings is 1. The van der Waals surface area contributed by atoms with E-state index in [4.69, 9.17) is 11.0 Å². The van der Waals surface area contributed by atoms with Crippen LogP contribution in [0.5, 0.6) is 0 Å². The molecule has 6 rings (SSSR count). The van der Waals surface area contributed by atoms with E-state index in [2.05, 4.69) is 72.8 Å². The van der Waals surface area contributed by atoms with E-state index in [1.807, 2.05) is 12.1 Å². The lowest BCUT2D eigenvalue weighted by Gasteiger charge is -2.16. The highest BCUT2D eigenvalue weighted by Crippen LogP contribution is 2.43. The van der Waals surface area contributed by atoms with E-state index in [0.29, 0.717) is 17.2 Å². The Morgan fingerprint density at radius 2 is 1.67 bits per heavy atom. The maximum atomic E-state index is 7.61. The first-order valence-corrected chi connectivity index (χ1v) is 11.8. The van der Waals surface area contributed by atoms with Crippen molar-refractivity contribution < 1.29 is 8.98 Å². The highest BCUT2D eigenvalue weighted by Gasteiger charge is 2.28. The monoisotopic (exact) mass is 431 g/mol. The third kappa shape index (κ3) is 2.91. The summed E-state index contributed by atoms with van der Waals surface area (Å²) in [6.45, 7) is 12.0. The normalized spacial score (nSPS) is 14.5. The Hall–Kier alpha value is -3.64. The van der Waals surface area contributed by atoms with Crippen molar-refractivity contribution in [1.29, 1.82) is 0 Å². The minimum atomic E-state index is 0.569. The molecule has 3 nitrogen and oxygen atoms in total. The van der Waals surface area contributed by atoms with Gasteiger partial charge in [0.05, 0.1) is 12.1 Å². The summed E-state index contributed by atoms with van der Waals surface area (Å²) < 4.78 is 8.82. The van der Waals surface area contributed by atoms with Crippen molar-refractivity contribution in [1.82, 2.24) is 0 Å². The second-order valence-corrected chi connectivity index (χ2v) is 9.48. The SMILES string of the molecule is [C-]#[N+]c1cccc2c1oc1c(-c3cc(C4CCCC4)c4ccccc4[n+]3C)c(C)c(C)cc12. The molecule has 1 aliphatic carbocycles. The first-order valence-electron chi connectivity index (χ1n) is 11.8.